The number of rotatable bonds is 6. The number of carbonyl (C=O) groups excluding carboxylic acids is 1. The molecule has 6 nitrogen and oxygen atoms in total. The van der Waals surface area contributed by atoms with Crippen molar-refractivity contribution in [1.82, 2.24) is 4.90 Å². The van der Waals surface area contributed by atoms with Crippen LogP contribution in [0.5, 0.6) is 0 Å². The Morgan fingerprint density at radius 2 is 2.04 bits per heavy atom. The summed E-state index contributed by atoms with van der Waals surface area (Å²) in [6.07, 6.45) is 0. The van der Waals surface area contributed by atoms with E-state index in [4.69, 9.17) is 23.2 Å². The van der Waals surface area contributed by atoms with Gasteiger partial charge in [-0.15, -0.1) is 0 Å². The number of anilines is 1. The number of hydrogen-bond donors (Lipinski definition) is 1. The summed E-state index contributed by atoms with van der Waals surface area (Å²) in [6.45, 7) is -0.00903. The molecule has 9 heteroatoms. The Morgan fingerprint density at radius 1 is 1.32 bits per heavy atom. The summed E-state index contributed by atoms with van der Waals surface area (Å²) in [5, 5.41) is 14.0. The zero-order valence-electron chi connectivity index (χ0n) is 13.1. The van der Waals surface area contributed by atoms with Gasteiger partial charge in [-0.1, -0.05) is 29.3 Å². The lowest BCUT2D eigenvalue weighted by molar-refractivity contribution is -0.383. The van der Waals surface area contributed by atoms with Crippen molar-refractivity contribution >= 4 is 40.5 Å². The van der Waals surface area contributed by atoms with E-state index in [0.29, 0.717) is 0 Å². The van der Waals surface area contributed by atoms with Crippen molar-refractivity contribution in [3.05, 3.63) is 67.9 Å². The maximum absolute atomic E-state index is 13.8. The van der Waals surface area contributed by atoms with E-state index in [2.05, 4.69) is 5.32 Å². The molecule has 25 heavy (non-hydrogen) atoms. The molecule has 2 aromatic rings. The standard InChI is InChI=1S/C16H14Cl2FN3O3/c1-21(8-11-12(18)3-2-4-13(11)19)9-16(23)20-14-7-10(17)5-6-15(14)22(24)25/h2-7H,8-9H2,1H3,(H,20,23). The molecule has 0 radical (unpaired) electrons. The van der Waals surface area contributed by atoms with E-state index >= 15 is 0 Å². The first-order valence-corrected chi connectivity index (χ1v) is 7.88. The summed E-state index contributed by atoms with van der Waals surface area (Å²) in [4.78, 5) is 24.0. The number of nitrogens with zero attached hydrogens (tertiary/aromatic N) is 2. The van der Waals surface area contributed by atoms with Gasteiger partial charge in [-0.25, -0.2) is 4.39 Å². The first kappa shape index (κ1) is 19.1. The first-order chi connectivity index (χ1) is 11.8. The quantitative estimate of drug-likeness (QED) is 0.599. The van der Waals surface area contributed by atoms with Crippen molar-refractivity contribution in [1.29, 1.82) is 0 Å². The Bertz CT molecular complexity index is 797. The van der Waals surface area contributed by atoms with Gasteiger partial charge in [0.05, 0.1) is 11.5 Å². The van der Waals surface area contributed by atoms with Crippen LogP contribution in [0.3, 0.4) is 0 Å². The van der Waals surface area contributed by atoms with Crippen LogP contribution in [0, 0.1) is 15.9 Å². The van der Waals surface area contributed by atoms with Crippen molar-refractivity contribution < 1.29 is 14.1 Å². The predicted molar refractivity (Wildman–Crippen MR) is 94.5 cm³/mol. The van der Waals surface area contributed by atoms with Crippen LogP contribution in [0.1, 0.15) is 5.56 Å². The number of benzene rings is 2. The smallest absolute Gasteiger partial charge is 0.292 e. The molecule has 2 rings (SSSR count). The molecular formula is C16H14Cl2FN3O3. The molecule has 0 aliphatic carbocycles. The maximum Gasteiger partial charge on any atom is 0.292 e. The number of nitro groups is 1. The van der Waals surface area contributed by atoms with Crippen LogP contribution < -0.4 is 5.32 Å². The number of likely N-dealkylation sites (N-methyl/N-ethyl adjacent to an activating group) is 1. The van der Waals surface area contributed by atoms with E-state index < -0.39 is 16.6 Å². The molecular weight excluding hydrogens is 372 g/mol. The van der Waals surface area contributed by atoms with E-state index in [-0.39, 0.29) is 40.1 Å². The number of nitro benzene ring substituents is 1. The summed E-state index contributed by atoms with van der Waals surface area (Å²) < 4.78 is 13.8. The Kier molecular flexibility index (Phi) is 6.30. The Morgan fingerprint density at radius 3 is 2.68 bits per heavy atom. The van der Waals surface area contributed by atoms with Crippen LogP contribution in [0.4, 0.5) is 15.8 Å². The van der Waals surface area contributed by atoms with Crippen LogP contribution in [0.2, 0.25) is 10.0 Å². The molecule has 1 N–H and O–H groups in total. The Hall–Kier alpha value is -2.22. The number of halogens is 3. The molecule has 0 bridgehead atoms. The Balaban J connectivity index is 2.05. The monoisotopic (exact) mass is 385 g/mol. The highest BCUT2D eigenvalue weighted by Gasteiger charge is 2.18. The summed E-state index contributed by atoms with van der Waals surface area (Å²) in [5.74, 6) is -0.967. The fraction of sp³-hybridized carbons (Fsp3) is 0.188. The van der Waals surface area contributed by atoms with Gasteiger partial charge < -0.3 is 5.32 Å². The second kappa shape index (κ2) is 8.24. The van der Waals surface area contributed by atoms with E-state index in [1.165, 1.54) is 35.2 Å². The van der Waals surface area contributed by atoms with Crippen molar-refractivity contribution in [3.63, 3.8) is 0 Å². The molecule has 132 valence electrons. The molecule has 0 atom stereocenters. The van der Waals surface area contributed by atoms with Gasteiger partial charge in [0.15, 0.2) is 0 Å². The molecule has 1 amide bonds. The lowest BCUT2D eigenvalue weighted by atomic mass is 10.2. The number of hydrogen-bond acceptors (Lipinski definition) is 4. The van der Waals surface area contributed by atoms with Crippen LogP contribution in [0.25, 0.3) is 0 Å². The van der Waals surface area contributed by atoms with Crippen molar-refractivity contribution in [2.24, 2.45) is 0 Å². The second-order valence-electron chi connectivity index (χ2n) is 5.34. The van der Waals surface area contributed by atoms with Crippen molar-refractivity contribution in [3.8, 4) is 0 Å². The molecule has 0 aliphatic heterocycles. The minimum atomic E-state index is -0.616. The van der Waals surface area contributed by atoms with E-state index in [1.807, 2.05) is 0 Å². The molecule has 0 saturated heterocycles. The van der Waals surface area contributed by atoms with Gasteiger partial charge in [-0.05, 0) is 31.3 Å². The number of amides is 1. The molecule has 0 heterocycles. The Labute approximate surface area is 153 Å². The van der Waals surface area contributed by atoms with Crippen molar-refractivity contribution in [2.75, 3.05) is 18.9 Å². The third kappa shape index (κ3) is 5.12. The average molecular weight is 386 g/mol. The number of nitrogens with one attached hydrogen (secondary N) is 1. The fourth-order valence-corrected chi connectivity index (χ4v) is 2.61. The van der Waals surface area contributed by atoms with E-state index in [9.17, 15) is 19.3 Å². The topological polar surface area (TPSA) is 75.5 Å². The molecule has 0 unspecified atom stereocenters. The SMILES string of the molecule is CN(CC(=O)Nc1cc(Cl)ccc1[N+](=O)[O-])Cc1c(F)cccc1Cl. The van der Waals surface area contributed by atoms with Gasteiger partial charge in [0.1, 0.15) is 11.5 Å². The molecule has 0 saturated carbocycles. The first-order valence-electron chi connectivity index (χ1n) is 7.13. The van der Waals surface area contributed by atoms with Gasteiger partial charge in [0.2, 0.25) is 5.91 Å². The minimum Gasteiger partial charge on any atom is -0.319 e. The van der Waals surface area contributed by atoms with Gasteiger partial charge in [0.25, 0.3) is 5.69 Å². The van der Waals surface area contributed by atoms with Crippen LogP contribution in [-0.2, 0) is 11.3 Å². The van der Waals surface area contributed by atoms with Gasteiger partial charge in [-0.3, -0.25) is 19.8 Å². The van der Waals surface area contributed by atoms with Gasteiger partial charge >= 0.3 is 0 Å². The van der Waals surface area contributed by atoms with E-state index in [0.717, 1.165) is 0 Å². The average Bonchev–Trinajstić information content (AvgIpc) is 2.50. The van der Waals surface area contributed by atoms with Crippen LogP contribution in [0.15, 0.2) is 36.4 Å². The third-order valence-electron chi connectivity index (χ3n) is 3.33. The van der Waals surface area contributed by atoms with Gasteiger partial charge in [0, 0.05) is 28.2 Å². The maximum atomic E-state index is 13.8. The lowest BCUT2D eigenvalue weighted by Crippen LogP contribution is -2.30. The fourth-order valence-electron chi connectivity index (χ4n) is 2.21. The molecule has 0 aromatic heterocycles. The van der Waals surface area contributed by atoms with E-state index in [1.54, 1.807) is 13.1 Å². The summed E-state index contributed by atoms with van der Waals surface area (Å²) in [7, 11) is 1.61. The summed E-state index contributed by atoms with van der Waals surface area (Å²) in [5.41, 5.74) is 0.00516. The van der Waals surface area contributed by atoms with Crippen LogP contribution >= 0.6 is 23.2 Å². The normalized spacial score (nSPS) is 10.8. The number of carbonyl (C=O) groups is 1. The molecule has 0 spiro atoms. The highest BCUT2D eigenvalue weighted by Crippen LogP contribution is 2.27. The summed E-state index contributed by atoms with van der Waals surface area (Å²) >= 11 is 11.8. The molecule has 2 aromatic carbocycles. The zero-order valence-corrected chi connectivity index (χ0v) is 14.6. The molecule has 0 fully saturated rings. The van der Waals surface area contributed by atoms with Crippen molar-refractivity contribution in [2.45, 2.75) is 6.54 Å². The van der Waals surface area contributed by atoms with Crippen LogP contribution in [-0.4, -0.2) is 29.3 Å². The summed E-state index contributed by atoms with van der Waals surface area (Å²) in [6, 6.07) is 8.20. The highest BCUT2D eigenvalue weighted by molar-refractivity contribution is 6.31. The largest absolute Gasteiger partial charge is 0.319 e. The lowest BCUT2D eigenvalue weighted by Gasteiger charge is -2.17. The predicted octanol–water partition coefficient (Wildman–Crippen LogP) is 4.11. The highest BCUT2D eigenvalue weighted by atomic mass is 35.5. The zero-order chi connectivity index (χ0) is 18.6. The molecule has 0 aliphatic rings. The minimum absolute atomic E-state index is 0.000163. The second-order valence-corrected chi connectivity index (χ2v) is 6.18. The van der Waals surface area contributed by atoms with Gasteiger partial charge in [-0.2, -0.15) is 0 Å². The third-order valence-corrected chi connectivity index (χ3v) is 3.92.